The van der Waals surface area contributed by atoms with Crippen molar-refractivity contribution in [3.63, 3.8) is 0 Å². The molecule has 0 radical (unpaired) electrons. The van der Waals surface area contributed by atoms with Crippen LogP contribution in [0.4, 0.5) is 0 Å². The highest BCUT2D eigenvalue weighted by Gasteiger charge is 2.34. The summed E-state index contributed by atoms with van der Waals surface area (Å²) >= 11 is 0. The molecule has 0 saturated carbocycles. The van der Waals surface area contributed by atoms with Gasteiger partial charge in [-0.1, -0.05) is 24.3 Å². The van der Waals surface area contributed by atoms with Gasteiger partial charge in [-0.05, 0) is 20.8 Å². The Balaban J connectivity index is 5.05. The highest BCUT2D eigenvalue weighted by Crippen LogP contribution is 2.22. The van der Waals surface area contributed by atoms with Crippen molar-refractivity contribution in [3.05, 3.63) is 24.3 Å². The quantitative estimate of drug-likeness (QED) is 0.508. The van der Waals surface area contributed by atoms with E-state index in [1.807, 2.05) is 6.07 Å². The summed E-state index contributed by atoms with van der Waals surface area (Å²) in [5, 5.41) is 8.98. The van der Waals surface area contributed by atoms with Gasteiger partial charge in [0, 0.05) is 0 Å². The zero-order valence-electron chi connectivity index (χ0n) is 8.78. The Hall–Kier alpha value is -1.56. The number of rotatable bonds is 4. The minimum atomic E-state index is -1.26. The van der Waals surface area contributed by atoms with Crippen molar-refractivity contribution in [2.75, 3.05) is 6.61 Å². The van der Waals surface area contributed by atoms with Crippen LogP contribution in [0.15, 0.2) is 24.3 Å². The second-order valence-corrected chi connectivity index (χ2v) is 2.70. The molecule has 0 bridgehead atoms. The molecule has 0 spiro atoms. The van der Waals surface area contributed by atoms with Crippen LogP contribution < -0.4 is 0 Å². The fourth-order valence-corrected chi connectivity index (χ4v) is 1.09. The maximum Gasteiger partial charge on any atom is 0.334 e. The molecule has 0 heterocycles. The number of carbonyl (C=O) groups is 1. The van der Waals surface area contributed by atoms with Crippen LogP contribution in [-0.2, 0) is 9.53 Å². The second-order valence-electron chi connectivity index (χ2n) is 2.70. The van der Waals surface area contributed by atoms with Gasteiger partial charge in [0.05, 0.1) is 12.7 Å². The Morgan fingerprint density at radius 2 is 1.93 bits per heavy atom. The molecule has 0 saturated heterocycles. The first-order valence-corrected chi connectivity index (χ1v) is 4.53. The SMILES string of the molecule is CC=CC(C#N)(C=CC)C(=O)OCC. The van der Waals surface area contributed by atoms with Gasteiger partial charge in [0.2, 0.25) is 0 Å². The molecule has 0 aliphatic heterocycles. The topological polar surface area (TPSA) is 50.1 Å². The lowest BCUT2D eigenvalue weighted by molar-refractivity contribution is -0.147. The monoisotopic (exact) mass is 193 g/mol. The van der Waals surface area contributed by atoms with E-state index in [1.165, 1.54) is 12.2 Å². The molecule has 0 aliphatic rings. The van der Waals surface area contributed by atoms with E-state index in [4.69, 9.17) is 10.00 Å². The number of carbonyl (C=O) groups excluding carboxylic acids is 1. The number of esters is 1. The highest BCUT2D eigenvalue weighted by molar-refractivity contribution is 5.85. The summed E-state index contributed by atoms with van der Waals surface area (Å²) in [7, 11) is 0. The highest BCUT2D eigenvalue weighted by atomic mass is 16.5. The van der Waals surface area contributed by atoms with Gasteiger partial charge in [0.1, 0.15) is 0 Å². The molecule has 0 N–H and O–H groups in total. The first-order chi connectivity index (χ1) is 6.66. The minimum absolute atomic E-state index is 0.275. The number of ether oxygens (including phenoxy) is 1. The number of nitriles is 1. The van der Waals surface area contributed by atoms with Crippen LogP contribution in [0.1, 0.15) is 20.8 Å². The van der Waals surface area contributed by atoms with Crippen molar-refractivity contribution >= 4 is 5.97 Å². The average Bonchev–Trinajstić information content (AvgIpc) is 2.17. The van der Waals surface area contributed by atoms with Crippen molar-refractivity contribution in [2.45, 2.75) is 20.8 Å². The molecule has 0 fully saturated rings. The van der Waals surface area contributed by atoms with E-state index in [-0.39, 0.29) is 6.61 Å². The first kappa shape index (κ1) is 12.4. The molecule has 0 aromatic carbocycles. The largest absolute Gasteiger partial charge is 0.464 e. The zero-order chi connectivity index (χ0) is 11.0. The molecule has 0 atom stereocenters. The van der Waals surface area contributed by atoms with Gasteiger partial charge in [-0.15, -0.1) is 0 Å². The van der Waals surface area contributed by atoms with Crippen LogP contribution in [-0.4, -0.2) is 12.6 Å². The van der Waals surface area contributed by atoms with Crippen molar-refractivity contribution in [3.8, 4) is 6.07 Å². The van der Waals surface area contributed by atoms with Crippen LogP contribution in [0, 0.1) is 16.7 Å². The molecule has 3 heteroatoms. The molecule has 14 heavy (non-hydrogen) atoms. The van der Waals surface area contributed by atoms with E-state index in [9.17, 15) is 4.79 Å². The van der Waals surface area contributed by atoms with Gasteiger partial charge in [-0.25, -0.2) is 4.79 Å². The summed E-state index contributed by atoms with van der Waals surface area (Å²) in [4.78, 5) is 11.5. The van der Waals surface area contributed by atoms with Crippen molar-refractivity contribution in [1.29, 1.82) is 5.26 Å². The molecule has 76 valence electrons. The van der Waals surface area contributed by atoms with Gasteiger partial charge in [0.15, 0.2) is 5.41 Å². The van der Waals surface area contributed by atoms with E-state index in [0.717, 1.165) is 0 Å². The Kier molecular flexibility index (Phi) is 5.31. The maximum absolute atomic E-state index is 11.5. The van der Waals surface area contributed by atoms with Crippen LogP contribution in [0.5, 0.6) is 0 Å². The second kappa shape index (κ2) is 5.98. The van der Waals surface area contributed by atoms with Crippen LogP contribution in [0.3, 0.4) is 0 Å². The fraction of sp³-hybridized carbons (Fsp3) is 0.455. The third-order valence-corrected chi connectivity index (χ3v) is 1.66. The third kappa shape index (κ3) is 2.74. The lowest BCUT2D eigenvalue weighted by atomic mass is 9.89. The normalized spacial score (nSPS) is 15.3. The van der Waals surface area contributed by atoms with Crippen LogP contribution in [0.25, 0.3) is 0 Å². The summed E-state index contributed by atoms with van der Waals surface area (Å²) in [5.41, 5.74) is -1.26. The van der Waals surface area contributed by atoms with Crippen LogP contribution in [0.2, 0.25) is 0 Å². The van der Waals surface area contributed by atoms with Gasteiger partial charge in [-0.3, -0.25) is 0 Å². The number of hydrogen-bond acceptors (Lipinski definition) is 3. The van der Waals surface area contributed by atoms with Crippen molar-refractivity contribution in [1.82, 2.24) is 0 Å². The molecule has 3 nitrogen and oxygen atoms in total. The molecule has 0 aromatic heterocycles. The lowest BCUT2D eigenvalue weighted by Crippen LogP contribution is -2.27. The average molecular weight is 193 g/mol. The molecule has 0 aliphatic carbocycles. The Labute approximate surface area is 84.7 Å². The number of allylic oxidation sites excluding steroid dienone is 2. The first-order valence-electron chi connectivity index (χ1n) is 4.53. The molecule has 0 amide bonds. The lowest BCUT2D eigenvalue weighted by Gasteiger charge is -2.15. The fourth-order valence-electron chi connectivity index (χ4n) is 1.09. The Morgan fingerprint density at radius 1 is 1.43 bits per heavy atom. The summed E-state index contributed by atoms with van der Waals surface area (Å²) in [6, 6.07) is 1.95. The number of nitrogens with zero attached hydrogens (tertiary/aromatic N) is 1. The maximum atomic E-state index is 11.5. The molecule has 0 aromatic rings. The summed E-state index contributed by atoms with van der Waals surface area (Å²) in [5.74, 6) is -0.529. The standard InChI is InChI=1S/C11H15NO2/c1-4-7-11(9-12,8-5-2)10(13)14-6-3/h4-5,7-8H,6H2,1-3H3. The van der Waals surface area contributed by atoms with Gasteiger partial charge in [-0.2, -0.15) is 5.26 Å². The van der Waals surface area contributed by atoms with E-state index in [0.29, 0.717) is 0 Å². The summed E-state index contributed by atoms with van der Waals surface area (Å²) in [6.45, 7) is 5.51. The van der Waals surface area contributed by atoms with Gasteiger partial charge < -0.3 is 4.74 Å². The van der Waals surface area contributed by atoms with Gasteiger partial charge in [0.25, 0.3) is 0 Å². The minimum Gasteiger partial charge on any atom is -0.464 e. The molecular weight excluding hydrogens is 178 g/mol. The Bertz CT molecular complexity index is 272. The predicted molar refractivity (Wildman–Crippen MR) is 54.3 cm³/mol. The Morgan fingerprint density at radius 3 is 2.21 bits per heavy atom. The van der Waals surface area contributed by atoms with Crippen LogP contribution >= 0.6 is 0 Å². The number of hydrogen-bond donors (Lipinski definition) is 0. The van der Waals surface area contributed by atoms with E-state index < -0.39 is 11.4 Å². The van der Waals surface area contributed by atoms with E-state index in [2.05, 4.69) is 0 Å². The molecule has 0 rings (SSSR count). The summed E-state index contributed by atoms with van der Waals surface area (Å²) < 4.78 is 4.84. The van der Waals surface area contributed by atoms with E-state index >= 15 is 0 Å². The zero-order valence-corrected chi connectivity index (χ0v) is 8.78. The van der Waals surface area contributed by atoms with Gasteiger partial charge >= 0.3 is 5.97 Å². The van der Waals surface area contributed by atoms with E-state index in [1.54, 1.807) is 32.9 Å². The summed E-state index contributed by atoms with van der Waals surface area (Å²) in [6.07, 6.45) is 6.40. The molecule has 0 unspecified atom stereocenters. The predicted octanol–water partition coefficient (Wildman–Crippen LogP) is 2.21. The third-order valence-electron chi connectivity index (χ3n) is 1.66. The smallest absolute Gasteiger partial charge is 0.334 e. The van der Waals surface area contributed by atoms with Crippen molar-refractivity contribution in [2.24, 2.45) is 5.41 Å². The van der Waals surface area contributed by atoms with Crippen molar-refractivity contribution < 1.29 is 9.53 Å². The molecular formula is C11H15NO2.